The molecule has 0 saturated carbocycles. The summed E-state index contributed by atoms with van der Waals surface area (Å²) in [5, 5.41) is 12.7. The molecule has 8 heteroatoms. The molecule has 0 radical (unpaired) electrons. The van der Waals surface area contributed by atoms with E-state index in [0.29, 0.717) is 10.6 Å². The number of alkyl halides is 3. The van der Waals surface area contributed by atoms with Gasteiger partial charge in [-0.05, 0) is 17.7 Å². The summed E-state index contributed by atoms with van der Waals surface area (Å²) >= 11 is 5.72. The van der Waals surface area contributed by atoms with Crippen LogP contribution in [0.2, 0.25) is 5.02 Å². The van der Waals surface area contributed by atoms with Crippen molar-refractivity contribution in [2.45, 2.75) is 12.7 Å². The van der Waals surface area contributed by atoms with Gasteiger partial charge in [0.2, 0.25) is 0 Å². The van der Waals surface area contributed by atoms with Crippen LogP contribution in [0, 0.1) is 11.3 Å². The Morgan fingerprint density at radius 2 is 1.90 bits per heavy atom. The number of nitrogen functional groups attached to an aromatic ring is 1. The third kappa shape index (κ3) is 2.70. The van der Waals surface area contributed by atoms with E-state index in [9.17, 15) is 13.2 Å². The zero-order valence-electron chi connectivity index (χ0n) is 9.95. The molecule has 1 aromatic carbocycles. The number of nitrogens with two attached hydrogens (primary N) is 1. The highest BCUT2D eigenvalue weighted by molar-refractivity contribution is 6.30. The van der Waals surface area contributed by atoms with Crippen molar-refractivity contribution in [3.8, 4) is 6.07 Å². The van der Waals surface area contributed by atoms with Gasteiger partial charge in [0.05, 0.1) is 6.54 Å². The number of rotatable bonds is 2. The van der Waals surface area contributed by atoms with Gasteiger partial charge < -0.3 is 5.73 Å². The highest BCUT2D eigenvalue weighted by Crippen LogP contribution is 2.33. The zero-order valence-corrected chi connectivity index (χ0v) is 10.7. The Kier molecular flexibility index (Phi) is 3.59. The summed E-state index contributed by atoms with van der Waals surface area (Å²) in [6.07, 6.45) is -4.72. The van der Waals surface area contributed by atoms with Crippen molar-refractivity contribution in [1.29, 1.82) is 5.26 Å². The second-order valence-corrected chi connectivity index (χ2v) is 4.44. The lowest BCUT2D eigenvalue weighted by atomic mass is 10.2. The fourth-order valence-electron chi connectivity index (χ4n) is 1.67. The third-order valence-corrected chi connectivity index (χ3v) is 2.87. The number of halogens is 4. The lowest BCUT2D eigenvalue weighted by Crippen LogP contribution is -2.10. The molecule has 0 aliphatic rings. The SMILES string of the molecule is N#Cc1c(C(F)(F)F)nn(Cc2ccc(Cl)cc2)c1N. The number of benzene rings is 1. The van der Waals surface area contributed by atoms with E-state index in [1.807, 2.05) is 0 Å². The number of nitrogens with zero attached hydrogens (tertiary/aromatic N) is 3. The first-order chi connectivity index (χ1) is 9.32. The first-order valence-corrected chi connectivity index (χ1v) is 5.78. The van der Waals surface area contributed by atoms with E-state index in [2.05, 4.69) is 5.10 Å². The predicted octanol–water partition coefficient (Wildman–Crippen LogP) is 3.06. The Morgan fingerprint density at radius 1 is 1.30 bits per heavy atom. The van der Waals surface area contributed by atoms with Gasteiger partial charge in [0.15, 0.2) is 5.69 Å². The minimum Gasteiger partial charge on any atom is -0.383 e. The molecule has 0 saturated heterocycles. The molecule has 1 aromatic heterocycles. The molecule has 0 aliphatic heterocycles. The number of hydrogen-bond acceptors (Lipinski definition) is 3. The quantitative estimate of drug-likeness (QED) is 0.927. The molecule has 4 nitrogen and oxygen atoms in total. The van der Waals surface area contributed by atoms with Crippen LogP contribution >= 0.6 is 11.6 Å². The van der Waals surface area contributed by atoms with Crippen molar-refractivity contribution in [2.24, 2.45) is 0 Å². The van der Waals surface area contributed by atoms with Crippen LogP contribution in [-0.2, 0) is 12.7 Å². The predicted molar refractivity (Wildman–Crippen MR) is 66.9 cm³/mol. The third-order valence-electron chi connectivity index (χ3n) is 2.62. The second kappa shape index (κ2) is 5.06. The molecular formula is C12H8ClF3N4. The van der Waals surface area contributed by atoms with Gasteiger partial charge >= 0.3 is 6.18 Å². The maximum atomic E-state index is 12.7. The highest BCUT2D eigenvalue weighted by Gasteiger charge is 2.39. The van der Waals surface area contributed by atoms with Crippen molar-refractivity contribution < 1.29 is 13.2 Å². The van der Waals surface area contributed by atoms with Crippen LogP contribution in [0.3, 0.4) is 0 Å². The minimum absolute atomic E-state index is 0.0216. The average Bonchev–Trinajstić information content (AvgIpc) is 2.69. The van der Waals surface area contributed by atoms with E-state index >= 15 is 0 Å². The maximum absolute atomic E-state index is 12.7. The second-order valence-electron chi connectivity index (χ2n) is 4.00. The van der Waals surface area contributed by atoms with Gasteiger partial charge in [-0.3, -0.25) is 0 Å². The summed E-state index contributed by atoms with van der Waals surface area (Å²) in [6.45, 7) is 0.0216. The van der Waals surface area contributed by atoms with Gasteiger partial charge in [0.1, 0.15) is 17.5 Å². The Morgan fingerprint density at radius 3 is 2.35 bits per heavy atom. The molecule has 104 valence electrons. The van der Waals surface area contributed by atoms with Crippen molar-refractivity contribution in [3.05, 3.63) is 46.1 Å². The smallest absolute Gasteiger partial charge is 0.383 e. The van der Waals surface area contributed by atoms with Gasteiger partial charge in [-0.1, -0.05) is 23.7 Å². The van der Waals surface area contributed by atoms with Crippen molar-refractivity contribution in [2.75, 3.05) is 5.73 Å². The summed E-state index contributed by atoms with van der Waals surface area (Å²) in [4.78, 5) is 0. The molecule has 2 aromatic rings. The van der Waals surface area contributed by atoms with E-state index < -0.39 is 17.4 Å². The van der Waals surface area contributed by atoms with E-state index in [4.69, 9.17) is 22.6 Å². The molecule has 0 bridgehead atoms. The fourth-order valence-corrected chi connectivity index (χ4v) is 1.79. The lowest BCUT2D eigenvalue weighted by Gasteiger charge is -2.04. The molecule has 0 aliphatic carbocycles. The summed E-state index contributed by atoms with van der Waals surface area (Å²) in [7, 11) is 0. The minimum atomic E-state index is -4.72. The number of nitriles is 1. The van der Waals surface area contributed by atoms with Crippen LogP contribution in [0.1, 0.15) is 16.8 Å². The van der Waals surface area contributed by atoms with Gasteiger partial charge in [-0.25, -0.2) is 4.68 Å². The van der Waals surface area contributed by atoms with E-state index in [1.165, 1.54) is 6.07 Å². The molecule has 0 spiro atoms. The number of hydrogen-bond donors (Lipinski definition) is 1. The topological polar surface area (TPSA) is 67.6 Å². The Labute approximate surface area is 117 Å². The van der Waals surface area contributed by atoms with Crippen LogP contribution < -0.4 is 5.73 Å². The fraction of sp³-hybridized carbons (Fsp3) is 0.167. The molecule has 0 amide bonds. The van der Waals surface area contributed by atoms with Crippen LogP contribution in [0.25, 0.3) is 0 Å². The van der Waals surface area contributed by atoms with E-state index in [-0.39, 0.29) is 12.4 Å². The highest BCUT2D eigenvalue weighted by atomic mass is 35.5. The summed E-state index contributed by atoms with van der Waals surface area (Å²) < 4.78 is 39.1. The number of aromatic nitrogens is 2. The van der Waals surface area contributed by atoms with Gasteiger partial charge in [0.25, 0.3) is 0 Å². The summed E-state index contributed by atoms with van der Waals surface area (Å²) in [5.41, 5.74) is 4.28. The molecule has 0 unspecified atom stereocenters. The maximum Gasteiger partial charge on any atom is 0.436 e. The normalized spacial score (nSPS) is 11.3. The van der Waals surface area contributed by atoms with Crippen molar-refractivity contribution in [1.82, 2.24) is 9.78 Å². The molecular weight excluding hydrogens is 293 g/mol. The van der Waals surface area contributed by atoms with E-state index in [1.54, 1.807) is 24.3 Å². The standard InChI is InChI=1S/C12H8ClF3N4/c13-8-3-1-7(2-4-8)6-20-11(18)9(5-17)10(19-20)12(14,15)16/h1-4H,6,18H2. The first-order valence-electron chi connectivity index (χ1n) is 5.41. The van der Waals surface area contributed by atoms with Crippen LogP contribution in [-0.4, -0.2) is 9.78 Å². The van der Waals surface area contributed by atoms with Crippen LogP contribution in [0.15, 0.2) is 24.3 Å². The lowest BCUT2D eigenvalue weighted by molar-refractivity contribution is -0.141. The molecule has 2 N–H and O–H groups in total. The molecule has 1 heterocycles. The Bertz CT molecular complexity index is 668. The van der Waals surface area contributed by atoms with Crippen molar-refractivity contribution >= 4 is 17.4 Å². The largest absolute Gasteiger partial charge is 0.436 e. The molecule has 0 atom stereocenters. The zero-order chi connectivity index (χ0) is 14.9. The number of anilines is 1. The van der Waals surface area contributed by atoms with Gasteiger partial charge in [-0.15, -0.1) is 0 Å². The van der Waals surface area contributed by atoms with Crippen LogP contribution in [0.4, 0.5) is 19.0 Å². The Balaban J connectivity index is 2.41. The van der Waals surface area contributed by atoms with Crippen LogP contribution in [0.5, 0.6) is 0 Å². The van der Waals surface area contributed by atoms with Gasteiger partial charge in [-0.2, -0.15) is 23.5 Å². The first kappa shape index (κ1) is 14.2. The Hall–Kier alpha value is -2.20. The molecule has 0 fully saturated rings. The molecule has 2 rings (SSSR count). The van der Waals surface area contributed by atoms with Gasteiger partial charge in [0, 0.05) is 5.02 Å². The summed E-state index contributed by atoms with van der Waals surface area (Å²) in [6, 6.07) is 7.93. The summed E-state index contributed by atoms with van der Waals surface area (Å²) in [5.74, 6) is -0.310. The average molecular weight is 301 g/mol. The molecule has 20 heavy (non-hydrogen) atoms. The van der Waals surface area contributed by atoms with E-state index in [0.717, 1.165) is 4.68 Å². The monoisotopic (exact) mass is 300 g/mol. The van der Waals surface area contributed by atoms with Crippen molar-refractivity contribution in [3.63, 3.8) is 0 Å².